The second-order valence-electron chi connectivity index (χ2n) is 7.47. The smallest absolute Gasteiger partial charge is 0.288 e. The maximum Gasteiger partial charge on any atom is 0.288 e. The molecule has 5 nitrogen and oxygen atoms in total. The molecule has 1 heterocycles. The van der Waals surface area contributed by atoms with E-state index in [2.05, 4.69) is 5.32 Å². The third-order valence-electron chi connectivity index (χ3n) is 5.32. The molecule has 0 bridgehead atoms. The summed E-state index contributed by atoms with van der Waals surface area (Å²) in [6, 6.07) is 13.9. The number of amides is 2. The zero-order chi connectivity index (χ0) is 21.1. The fraction of sp³-hybridized carbons (Fsp3) is 0.364. The highest BCUT2D eigenvalue weighted by molar-refractivity contribution is 7.99. The molecule has 1 saturated heterocycles. The molecule has 1 aliphatic heterocycles. The van der Waals surface area contributed by atoms with E-state index < -0.39 is 5.76 Å². The van der Waals surface area contributed by atoms with Gasteiger partial charge < -0.3 is 15.1 Å². The molecule has 2 aromatic rings. The summed E-state index contributed by atoms with van der Waals surface area (Å²) in [4.78, 5) is 29.4. The number of carbonyl (C=O) groups is 2. The SMILES string of the molecule is O=C(c1ccccc1Nc1ccc(SC(F)F)cc1)N1CCN(C(=O)C2CC2)CC1. The van der Waals surface area contributed by atoms with Crippen molar-refractivity contribution in [3.63, 3.8) is 0 Å². The van der Waals surface area contributed by atoms with E-state index in [1.54, 1.807) is 35.2 Å². The standard InChI is InChI=1S/C22H23F2N3O2S/c23-22(24)30-17-9-7-16(8-10-17)25-19-4-2-1-3-18(19)21(29)27-13-11-26(12-14-27)20(28)15-5-6-15/h1-4,7-10,15,22,25H,5-6,11-14H2. The molecule has 4 rings (SSSR count). The van der Waals surface area contributed by atoms with E-state index in [0.717, 1.165) is 12.8 Å². The van der Waals surface area contributed by atoms with Gasteiger partial charge in [0.1, 0.15) is 0 Å². The first-order chi connectivity index (χ1) is 14.5. The summed E-state index contributed by atoms with van der Waals surface area (Å²) in [7, 11) is 0. The highest BCUT2D eigenvalue weighted by Gasteiger charge is 2.35. The Kier molecular flexibility index (Phi) is 6.22. The summed E-state index contributed by atoms with van der Waals surface area (Å²) in [5.74, 6) is -2.12. The van der Waals surface area contributed by atoms with Crippen LogP contribution in [0.4, 0.5) is 20.2 Å². The Labute approximate surface area is 178 Å². The summed E-state index contributed by atoms with van der Waals surface area (Å²) in [5, 5.41) is 3.21. The van der Waals surface area contributed by atoms with Gasteiger partial charge in [-0.05, 0) is 49.2 Å². The van der Waals surface area contributed by atoms with Crippen LogP contribution in [0.3, 0.4) is 0 Å². The van der Waals surface area contributed by atoms with Crippen LogP contribution in [0.15, 0.2) is 53.4 Å². The number of hydrogen-bond donors (Lipinski definition) is 1. The number of piperazine rings is 1. The molecule has 2 aromatic carbocycles. The maximum absolute atomic E-state index is 13.1. The predicted molar refractivity (Wildman–Crippen MR) is 113 cm³/mol. The molecule has 8 heteroatoms. The second-order valence-corrected chi connectivity index (χ2v) is 8.53. The van der Waals surface area contributed by atoms with Crippen LogP contribution in [0.25, 0.3) is 0 Å². The number of anilines is 2. The molecule has 1 N–H and O–H groups in total. The van der Waals surface area contributed by atoms with Crippen LogP contribution in [0, 0.1) is 5.92 Å². The lowest BCUT2D eigenvalue weighted by Crippen LogP contribution is -2.51. The lowest BCUT2D eigenvalue weighted by atomic mass is 10.1. The summed E-state index contributed by atoms with van der Waals surface area (Å²) in [5.41, 5.74) is 1.92. The number of carbonyl (C=O) groups excluding carboxylic acids is 2. The molecule has 0 spiro atoms. The van der Waals surface area contributed by atoms with Crippen LogP contribution in [0.2, 0.25) is 0 Å². The lowest BCUT2D eigenvalue weighted by Gasteiger charge is -2.35. The number of halogens is 2. The minimum atomic E-state index is -2.46. The zero-order valence-electron chi connectivity index (χ0n) is 16.4. The van der Waals surface area contributed by atoms with E-state index in [9.17, 15) is 18.4 Å². The van der Waals surface area contributed by atoms with Crippen LogP contribution in [0.5, 0.6) is 0 Å². The fourth-order valence-corrected chi connectivity index (χ4v) is 4.04. The fourth-order valence-electron chi connectivity index (χ4n) is 3.54. The molecular weight excluding hydrogens is 408 g/mol. The number of rotatable bonds is 6. The number of para-hydroxylation sites is 1. The Morgan fingerprint density at radius 1 is 0.933 bits per heavy atom. The van der Waals surface area contributed by atoms with Crippen molar-refractivity contribution >= 4 is 35.0 Å². The average Bonchev–Trinajstić information content (AvgIpc) is 3.60. The van der Waals surface area contributed by atoms with E-state index in [4.69, 9.17) is 0 Å². The lowest BCUT2D eigenvalue weighted by molar-refractivity contribution is -0.134. The van der Waals surface area contributed by atoms with Crippen molar-refractivity contribution in [2.24, 2.45) is 5.92 Å². The van der Waals surface area contributed by atoms with Gasteiger partial charge in [0.15, 0.2) is 0 Å². The first-order valence-corrected chi connectivity index (χ1v) is 10.9. The molecule has 0 aromatic heterocycles. The predicted octanol–water partition coefficient (Wildman–Crippen LogP) is 4.44. The van der Waals surface area contributed by atoms with Crippen molar-refractivity contribution in [3.05, 3.63) is 54.1 Å². The van der Waals surface area contributed by atoms with Crippen LogP contribution in [-0.4, -0.2) is 53.6 Å². The van der Waals surface area contributed by atoms with Gasteiger partial charge in [0.05, 0.1) is 11.3 Å². The Morgan fingerprint density at radius 3 is 2.20 bits per heavy atom. The molecule has 0 radical (unpaired) electrons. The van der Waals surface area contributed by atoms with E-state index in [1.807, 2.05) is 23.1 Å². The molecule has 30 heavy (non-hydrogen) atoms. The third kappa shape index (κ3) is 4.92. The molecular formula is C22H23F2N3O2S. The topological polar surface area (TPSA) is 52.7 Å². The van der Waals surface area contributed by atoms with Crippen LogP contribution >= 0.6 is 11.8 Å². The highest BCUT2D eigenvalue weighted by Crippen LogP contribution is 2.32. The van der Waals surface area contributed by atoms with Crippen molar-refractivity contribution < 1.29 is 18.4 Å². The largest absolute Gasteiger partial charge is 0.355 e. The Hall–Kier alpha value is -2.61. The molecule has 0 atom stereocenters. The first kappa shape index (κ1) is 20.7. The first-order valence-electron chi connectivity index (χ1n) is 10.0. The van der Waals surface area contributed by atoms with Crippen molar-refractivity contribution in [1.29, 1.82) is 0 Å². The van der Waals surface area contributed by atoms with Crippen molar-refractivity contribution in [2.75, 3.05) is 31.5 Å². The number of nitrogens with zero attached hydrogens (tertiary/aromatic N) is 2. The van der Waals surface area contributed by atoms with Gasteiger partial charge in [-0.25, -0.2) is 0 Å². The summed E-state index contributed by atoms with van der Waals surface area (Å²) < 4.78 is 25.0. The molecule has 2 amide bonds. The molecule has 2 aliphatic rings. The van der Waals surface area contributed by atoms with Crippen molar-refractivity contribution in [2.45, 2.75) is 23.5 Å². The number of benzene rings is 2. The molecule has 1 saturated carbocycles. The van der Waals surface area contributed by atoms with Gasteiger partial charge in [-0.3, -0.25) is 9.59 Å². The van der Waals surface area contributed by atoms with Gasteiger partial charge in [-0.2, -0.15) is 8.78 Å². The maximum atomic E-state index is 13.1. The monoisotopic (exact) mass is 431 g/mol. The van der Waals surface area contributed by atoms with Gasteiger partial charge in [0.2, 0.25) is 5.91 Å². The van der Waals surface area contributed by atoms with Crippen LogP contribution in [0.1, 0.15) is 23.2 Å². The minimum absolute atomic E-state index is 0.0819. The van der Waals surface area contributed by atoms with Crippen molar-refractivity contribution in [1.82, 2.24) is 9.80 Å². The quantitative estimate of drug-likeness (QED) is 0.687. The average molecular weight is 432 g/mol. The van der Waals surface area contributed by atoms with Gasteiger partial charge in [-0.1, -0.05) is 23.9 Å². The van der Waals surface area contributed by atoms with Crippen LogP contribution in [-0.2, 0) is 4.79 Å². The Balaban J connectivity index is 1.41. The minimum Gasteiger partial charge on any atom is -0.355 e. The Bertz CT molecular complexity index is 911. The van der Waals surface area contributed by atoms with E-state index in [1.165, 1.54) is 0 Å². The van der Waals surface area contributed by atoms with E-state index in [-0.39, 0.29) is 17.7 Å². The molecule has 2 fully saturated rings. The van der Waals surface area contributed by atoms with Crippen molar-refractivity contribution in [3.8, 4) is 0 Å². The zero-order valence-corrected chi connectivity index (χ0v) is 17.2. The summed E-state index contributed by atoms with van der Waals surface area (Å²) >= 11 is 0.498. The number of hydrogen-bond acceptors (Lipinski definition) is 4. The summed E-state index contributed by atoms with van der Waals surface area (Å²) in [6.07, 6.45) is 1.97. The van der Waals surface area contributed by atoms with E-state index >= 15 is 0 Å². The molecule has 158 valence electrons. The second kappa shape index (κ2) is 9.04. The van der Waals surface area contributed by atoms with Gasteiger partial charge in [0, 0.05) is 42.7 Å². The third-order valence-corrected chi connectivity index (χ3v) is 6.04. The molecule has 0 unspecified atom stereocenters. The number of nitrogens with one attached hydrogen (secondary N) is 1. The van der Waals surface area contributed by atoms with Gasteiger partial charge in [-0.15, -0.1) is 0 Å². The molecule has 1 aliphatic carbocycles. The summed E-state index contributed by atoms with van der Waals surface area (Å²) in [6.45, 7) is 2.18. The van der Waals surface area contributed by atoms with E-state index in [0.29, 0.717) is 59.8 Å². The normalized spacial score (nSPS) is 16.6. The highest BCUT2D eigenvalue weighted by atomic mass is 32.2. The van der Waals surface area contributed by atoms with Gasteiger partial charge >= 0.3 is 0 Å². The van der Waals surface area contributed by atoms with Gasteiger partial charge in [0.25, 0.3) is 11.7 Å². The number of alkyl halides is 2. The van der Waals surface area contributed by atoms with Crippen LogP contribution < -0.4 is 5.32 Å². The Morgan fingerprint density at radius 2 is 1.57 bits per heavy atom. The number of thioether (sulfide) groups is 1.